The molecule has 17 heavy (non-hydrogen) atoms. The van der Waals surface area contributed by atoms with Crippen LogP contribution >= 0.6 is 11.6 Å². The molecule has 0 radical (unpaired) electrons. The van der Waals surface area contributed by atoms with E-state index in [1.165, 1.54) is 6.20 Å². The van der Waals surface area contributed by atoms with E-state index in [1.54, 1.807) is 0 Å². The van der Waals surface area contributed by atoms with Crippen molar-refractivity contribution >= 4 is 17.5 Å². The first-order valence-electron chi connectivity index (χ1n) is 5.74. The summed E-state index contributed by atoms with van der Waals surface area (Å²) in [7, 11) is 0. The highest BCUT2D eigenvalue weighted by Crippen LogP contribution is 2.43. The molecule has 2 aliphatic rings. The Balaban J connectivity index is 1.90. The van der Waals surface area contributed by atoms with Crippen molar-refractivity contribution in [3.05, 3.63) is 21.6 Å². The molecule has 1 aromatic rings. The molecule has 1 saturated heterocycles. The number of anilines is 1. The third kappa shape index (κ3) is 1.92. The molecule has 92 valence electrons. The van der Waals surface area contributed by atoms with Crippen LogP contribution in [0.25, 0.3) is 0 Å². The third-order valence-corrected chi connectivity index (χ3v) is 3.92. The van der Waals surface area contributed by atoms with Crippen LogP contribution in [0.15, 0.2) is 11.0 Å². The summed E-state index contributed by atoms with van der Waals surface area (Å²) in [6.45, 7) is 1.07. The average molecular weight is 258 g/mol. The van der Waals surface area contributed by atoms with E-state index in [4.69, 9.17) is 11.6 Å². The number of hydrogen-bond donors (Lipinski definition) is 1. The molecule has 2 bridgehead atoms. The van der Waals surface area contributed by atoms with E-state index in [0.29, 0.717) is 31.3 Å². The minimum Gasteiger partial charge on any atom is -0.339 e. The van der Waals surface area contributed by atoms with Gasteiger partial charge in [0.1, 0.15) is 10.7 Å². The largest absolute Gasteiger partial charge is 0.339 e. The lowest BCUT2D eigenvalue weighted by Gasteiger charge is -2.35. The third-order valence-electron chi connectivity index (χ3n) is 3.65. The van der Waals surface area contributed by atoms with E-state index in [0.717, 1.165) is 13.0 Å². The first-order valence-corrected chi connectivity index (χ1v) is 6.12. The summed E-state index contributed by atoms with van der Waals surface area (Å²) < 4.78 is 14.3. The molecule has 1 N–H and O–H groups in total. The number of fused-ring (bicyclic) bond motifs is 2. The highest BCUT2D eigenvalue weighted by molar-refractivity contribution is 6.30. The van der Waals surface area contributed by atoms with Gasteiger partial charge in [-0.25, -0.2) is 9.37 Å². The summed E-state index contributed by atoms with van der Waals surface area (Å²) >= 11 is 5.62. The lowest BCUT2D eigenvalue weighted by molar-refractivity contribution is 0.156. The molecular weight excluding hydrogens is 245 g/mol. The number of H-pyrrole nitrogens is 1. The molecule has 2 unspecified atom stereocenters. The van der Waals surface area contributed by atoms with Crippen molar-refractivity contribution in [3.8, 4) is 0 Å². The zero-order valence-corrected chi connectivity index (χ0v) is 10.0. The lowest BCUT2D eigenvalue weighted by atomic mass is 9.96. The number of rotatable bonds is 1. The van der Waals surface area contributed by atoms with Crippen LogP contribution < -0.4 is 10.5 Å². The van der Waals surface area contributed by atoms with Crippen molar-refractivity contribution in [1.29, 1.82) is 0 Å². The monoisotopic (exact) mass is 257 g/mol. The minimum atomic E-state index is -1.11. The number of halogens is 2. The van der Waals surface area contributed by atoms with Crippen LogP contribution in [0.4, 0.5) is 10.3 Å². The molecular formula is C11H13ClFN3O. The van der Waals surface area contributed by atoms with Gasteiger partial charge in [-0.1, -0.05) is 11.6 Å². The second-order valence-corrected chi connectivity index (χ2v) is 5.43. The zero-order chi connectivity index (χ0) is 12.0. The van der Waals surface area contributed by atoms with Crippen molar-refractivity contribution in [1.82, 2.24) is 9.97 Å². The van der Waals surface area contributed by atoms with Gasteiger partial charge in [0.15, 0.2) is 0 Å². The van der Waals surface area contributed by atoms with Gasteiger partial charge in [-0.15, -0.1) is 0 Å². The Morgan fingerprint density at radius 2 is 2.47 bits per heavy atom. The molecule has 3 rings (SSSR count). The van der Waals surface area contributed by atoms with Crippen LogP contribution in [-0.2, 0) is 0 Å². The van der Waals surface area contributed by atoms with Crippen LogP contribution in [-0.4, -0.2) is 28.7 Å². The fourth-order valence-electron chi connectivity index (χ4n) is 2.89. The van der Waals surface area contributed by atoms with Crippen LogP contribution in [0.5, 0.6) is 0 Å². The fraction of sp³-hybridized carbons (Fsp3) is 0.636. The Bertz CT molecular complexity index is 506. The first kappa shape index (κ1) is 11.0. The zero-order valence-electron chi connectivity index (χ0n) is 9.25. The second-order valence-electron chi connectivity index (χ2n) is 5.02. The minimum absolute atomic E-state index is 0.0590. The smallest absolute Gasteiger partial charge is 0.271 e. The number of nitrogens with zero attached hydrogens (tertiary/aromatic N) is 2. The summed E-state index contributed by atoms with van der Waals surface area (Å²) in [5.41, 5.74) is -1.48. The Kier molecular flexibility index (Phi) is 2.40. The summed E-state index contributed by atoms with van der Waals surface area (Å²) in [5.74, 6) is 0.794. The van der Waals surface area contributed by atoms with Gasteiger partial charge in [0.25, 0.3) is 5.56 Å². The number of nitrogens with one attached hydrogen (secondary N) is 1. The average Bonchev–Trinajstić information content (AvgIpc) is 2.56. The second kappa shape index (κ2) is 3.70. The number of hydrogen-bond acceptors (Lipinski definition) is 3. The van der Waals surface area contributed by atoms with E-state index in [9.17, 15) is 9.18 Å². The number of aromatic amines is 1. The predicted octanol–water partition coefficient (Wildman–Crippen LogP) is 1.75. The molecule has 4 nitrogen and oxygen atoms in total. The van der Waals surface area contributed by atoms with Crippen molar-refractivity contribution in [2.24, 2.45) is 5.92 Å². The molecule has 0 aromatic carbocycles. The lowest BCUT2D eigenvalue weighted by Crippen LogP contribution is -2.45. The predicted molar refractivity (Wildman–Crippen MR) is 63.3 cm³/mol. The topological polar surface area (TPSA) is 49.0 Å². The highest BCUT2D eigenvalue weighted by atomic mass is 35.5. The standard InChI is InChI=1S/C11H13ClFN3O/c12-8-4-14-10(15-9(8)17)16-5-7-1-2-11(13,3-7)6-16/h4,7H,1-3,5-6H2,(H,14,15,17). The fourth-order valence-corrected chi connectivity index (χ4v) is 2.99. The quantitative estimate of drug-likeness (QED) is 0.834. The Hall–Kier alpha value is -1.10. The summed E-state index contributed by atoms with van der Waals surface area (Å²) in [6.07, 6.45) is 3.50. The molecule has 1 aromatic heterocycles. The molecule has 2 fully saturated rings. The molecule has 2 heterocycles. The molecule has 2 atom stereocenters. The Labute approximate surface area is 103 Å². The molecule has 1 saturated carbocycles. The molecule has 6 heteroatoms. The van der Waals surface area contributed by atoms with Gasteiger partial charge in [0, 0.05) is 6.54 Å². The molecule has 0 amide bonds. The van der Waals surface area contributed by atoms with Gasteiger partial charge in [0.05, 0.1) is 12.7 Å². The number of piperidine rings is 1. The summed E-state index contributed by atoms with van der Waals surface area (Å²) in [6, 6.07) is 0. The SMILES string of the molecule is O=c1[nH]c(N2CC3CCC(F)(C3)C2)ncc1Cl. The number of aromatic nitrogens is 2. The summed E-state index contributed by atoms with van der Waals surface area (Å²) in [4.78, 5) is 19.9. The molecule has 1 aliphatic carbocycles. The highest BCUT2D eigenvalue weighted by Gasteiger charge is 2.45. The van der Waals surface area contributed by atoms with Crippen molar-refractivity contribution in [3.63, 3.8) is 0 Å². The van der Waals surface area contributed by atoms with Crippen molar-refractivity contribution < 1.29 is 4.39 Å². The Morgan fingerprint density at radius 1 is 1.65 bits per heavy atom. The van der Waals surface area contributed by atoms with Gasteiger partial charge >= 0.3 is 0 Å². The molecule has 1 aliphatic heterocycles. The maximum atomic E-state index is 14.3. The molecule has 0 spiro atoms. The van der Waals surface area contributed by atoms with E-state index >= 15 is 0 Å². The van der Waals surface area contributed by atoms with Gasteiger partial charge in [-0.05, 0) is 25.2 Å². The van der Waals surface area contributed by atoms with Crippen LogP contribution in [0.2, 0.25) is 5.02 Å². The van der Waals surface area contributed by atoms with E-state index < -0.39 is 5.67 Å². The van der Waals surface area contributed by atoms with Crippen LogP contribution in [0, 0.1) is 5.92 Å². The summed E-state index contributed by atoms with van der Waals surface area (Å²) in [5, 5.41) is 0.0590. The van der Waals surface area contributed by atoms with Crippen LogP contribution in [0.1, 0.15) is 19.3 Å². The van der Waals surface area contributed by atoms with Crippen LogP contribution in [0.3, 0.4) is 0 Å². The van der Waals surface area contributed by atoms with Gasteiger partial charge < -0.3 is 4.90 Å². The van der Waals surface area contributed by atoms with E-state index in [1.807, 2.05) is 4.90 Å². The first-order chi connectivity index (χ1) is 8.06. The maximum Gasteiger partial charge on any atom is 0.271 e. The normalized spacial score (nSPS) is 31.9. The van der Waals surface area contributed by atoms with Gasteiger partial charge in [-0.2, -0.15) is 0 Å². The Morgan fingerprint density at radius 3 is 3.18 bits per heavy atom. The maximum absolute atomic E-state index is 14.3. The number of alkyl halides is 1. The van der Waals surface area contributed by atoms with Gasteiger partial charge in [-0.3, -0.25) is 9.78 Å². The van der Waals surface area contributed by atoms with Crippen molar-refractivity contribution in [2.75, 3.05) is 18.0 Å². The van der Waals surface area contributed by atoms with Gasteiger partial charge in [0.2, 0.25) is 5.95 Å². The van der Waals surface area contributed by atoms with E-state index in [-0.39, 0.29) is 10.6 Å². The van der Waals surface area contributed by atoms with E-state index in [2.05, 4.69) is 9.97 Å². The van der Waals surface area contributed by atoms with Crippen molar-refractivity contribution in [2.45, 2.75) is 24.9 Å².